The monoisotopic (exact) mass is 244 g/mol. The molecule has 1 aromatic carbocycles. The van der Waals surface area contributed by atoms with Crippen molar-refractivity contribution in [2.45, 2.75) is 46.1 Å². The van der Waals surface area contributed by atoms with Crippen LogP contribution in [0.4, 0.5) is 0 Å². The summed E-state index contributed by atoms with van der Waals surface area (Å²) in [4.78, 5) is 0. The molecule has 18 heavy (non-hydrogen) atoms. The zero-order valence-corrected chi connectivity index (χ0v) is 11.7. The number of hydrogen-bond donors (Lipinski definition) is 1. The van der Waals surface area contributed by atoms with Crippen molar-refractivity contribution in [1.82, 2.24) is 0 Å². The number of benzene rings is 1. The van der Waals surface area contributed by atoms with Gasteiger partial charge in [0.25, 0.3) is 0 Å². The molecule has 2 rings (SSSR count). The minimum Gasteiger partial charge on any atom is -0.392 e. The molecule has 1 aromatic rings. The van der Waals surface area contributed by atoms with Crippen molar-refractivity contribution in [3.8, 4) is 0 Å². The second-order valence-corrected chi connectivity index (χ2v) is 5.89. The van der Waals surface area contributed by atoms with E-state index in [1.54, 1.807) is 0 Å². The molecule has 3 atom stereocenters. The largest absolute Gasteiger partial charge is 0.392 e. The molecule has 3 unspecified atom stereocenters. The first-order valence-electron chi connectivity index (χ1n) is 6.96. The number of allylic oxidation sites excluding steroid dienone is 2. The molecule has 1 nitrogen and oxygen atoms in total. The Hall–Kier alpha value is -1.08. The van der Waals surface area contributed by atoms with Crippen LogP contribution in [0.5, 0.6) is 0 Å². The third-order valence-electron chi connectivity index (χ3n) is 4.06. The average Bonchev–Trinajstić information content (AvgIpc) is 2.31. The number of aliphatic hydroxyl groups is 1. The summed E-state index contributed by atoms with van der Waals surface area (Å²) in [6, 6.07) is 8.37. The van der Waals surface area contributed by atoms with Crippen LogP contribution in [-0.4, -0.2) is 11.2 Å². The summed E-state index contributed by atoms with van der Waals surface area (Å²) in [7, 11) is 0. The van der Waals surface area contributed by atoms with Crippen molar-refractivity contribution < 1.29 is 5.11 Å². The van der Waals surface area contributed by atoms with Gasteiger partial charge in [-0.1, -0.05) is 42.8 Å². The Kier molecular flexibility index (Phi) is 4.23. The Bertz CT molecular complexity index is 433. The molecule has 0 heterocycles. The van der Waals surface area contributed by atoms with Crippen molar-refractivity contribution in [1.29, 1.82) is 0 Å². The van der Waals surface area contributed by atoms with E-state index in [2.05, 4.69) is 51.1 Å². The van der Waals surface area contributed by atoms with Gasteiger partial charge in [0.2, 0.25) is 0 Å². The molecular formula is C17H24O. The highest BCUT2D eigenvalue weighted by Gasteiger charge is 2.25. The molecule has 0 bridgehead atoms. The Balaban J connectivity index is 2.03. The first-order valence-corrected chi connectivity index (χ1v) is 6.96. The SMILES string of the molecule is CC1=CC(C)CC(C(O)Cc2ccccc2C)C1. The van der Waals surface area contributed by atoms with Gasteiger partial charge in [-0.25, -0.2) is 0 Å². The molecule has 98 valence electrons. The molecule has 1 N–H and O–H groups in total. The van der Waals surface area contributed by atoms with Gasteiger partial charge in [-0.2, -0.15) is 0 Å². The zero-order chi connectivity index (χ0) is 13.1. The molecule has 0 aromatic heterocycles. The molecule has 0 saturated heterocycles. The number of hydrogen-bond acceptors (Lipinski definition) is 1. The van der Waals surface area contributed by atoms with Crippen LogP contribution in [0.3, 0.4) is 0 Å². The number of aryl methyl sites for hydroxylation is 1. The Labute approximate surface area is 111 Å². The molecule has 1 heteroatoms. The number of aliphatic hydroxyl groups excluding tert-OH is 1. The lowest BCUT2D eigenvalue weighted by molar-refractivity contribution is 0.0931. The lowest BCUT2D eigenvalue weighted by Gasteiger charge is -2.29. The Morgan fingerprint density at radius 2 is 2.00 bits per heavy atom. The van der Waals surface area contributed by atoms with E-state index >= 15 is 0 Å². The predicted octanol–water partition coefficient (Wildman–Crippen LogP) is 3.89. The molecule has 0 aliphatic heterocycles. The zero-order valence-electron chi connectivity index (χ0n) is 11.7. The summed E-state index contributed by atoms with van der Waals surface area (Å²) in [5.41, 5.74) is 4.00. The summed E-state index contributed by atoms with van der Waals surface area (Å²) in [5.74, 6) is 1.03. The van der Waals surface area contributed by atoms with Gasteiger partial charge in [0, 0.05) is 0 Å². The summed E-state index contributed by atoms with van der Waals surface area (Å²) < 4.78 is 0. The van der Waals surface area contributed by atoms with Gasteiger partial charge >= 0.3 is 0 Å². The van der Waals surface area contributed by atoms with Gasteiger partial charge in [0.15, 0.2) is 0 Å². The van der Waals surface area contributed by atoms with E-state index in [0.717, 1.165) is 19.3 Å². The van der Waals surface area contributed by atoms with E-state index in [4.69, 9.17) is 0 Å². The molecule has 0 radical (unpaired) electrons. The second kappa shape index (κ2) is 5.71. The molecule has 1 aliphatic carbocycles. The van der Waals surface area contributed by atoms with Crippen LogP contribution in [-0.2, 0) is 6.42 Å². The summed E-state index contributed by atoms with van der Waals surface area (Å²) in [6.45, 7) is 6.55. The first-order chi connectivity index (χ1) is 8.56. The van der Waals surface area contributed by atoms with Gasteiger partial charge in [0.1, 0.15) is 0 Å². The summed E-state index contributed by atoms with van der Waals surface area (Å²) >= 11 is 0. The van der Waals surface area contributed by atoms with Crippen LogP contribution in [0, 0.1) is 18.8 Å². The molecule has 0 saturated carbocycles. The Morgan fingerprint density at radius 3 is 2.67 bits per heavy atom. The minimum absolute atomic E-state index is 0.211. The van der Waals surface area contributed by atoms with E-state index in [9.17, 15) is 5.11 Å². The summed E-state index contributed by atoms with van der Waals surface area (Å²) in [6.07, 6.45) is 5.09. The topological polar surface area (TPSA) is 20.2 Å². The van der Waals surface area contributed by atoms with Gasteiger partial charge in [-0.3, -0.25) is 0 Å². The van der Waals surface area contributed by atoms with Gasteiger partial charge < -0.3 is 5.11 Å². The third kappa shape index (κ3) is 3.23. The maximum atomic E-state index is 10.5. The van der Waals surface area contributed by atoms with E-state index < -0.39 is 0 Å². The fraction of sp³-hybridized carbons (Fsp3) is 0.529. The highest BCUT2D eigenvalue weighted by molar-refractivity contribution is 5.26. The average molecular weight is 244 g/mol. The van der Waals surface area contributed by atoms with Crippen molar-refractivity contribution in [3.63, 3.8) is 0 Å². The molecule has 0 fully saturated rings. The van der Waals surface area contributed by atoms with E-state index in [-0.39, 0.29) is 6.10 Å². The van der Waals surface area contributed by atoms with Crippen molar-refractivity contribution in [2.24, 2.45) is 11.8 Å². The maximum Gasteiger partial charge on any atom is 0.0612 e. The van der Waals surface area contributed by atoms with Crippen molar-refractivity contribution in [3.05, 3.63) is 47.0 Å². The predicted molar refractivity (Wildman–Crippen MR) is 76.5 cm³/mol. The quantitative estimate of drug-likeness (QED) is 0.800. The third-order valence-corrected chi connectivity index (χ3v) is 4.06. The van der Waals surface area contributed by atoms with Gasteiger partial charge in [0.05, 0.1) is 6.10 Å². The normalized spacial score (nSPS) is 25.7. The smallest absolute Gasteiger partial charge is 0.0612 e. The lowest BCUT2D eigenvalue weighted by Crippen LogP contribution is -2.27. The van der Waals surface area contributed by atoms with E-state index in [1.165, 1.54) is 16.7 Å². The van der Waals surface area contributed by atoms with Crippen LogP contribution in [0.15, 0.2) is 35.9 Å². The summed E-state index contributed by atoms with van der Waals surface area (Å²) in [5, 5.41) is 10.5. The van der Waals surface area contributed by atoms with Gasteiger partial charge in [-0.05, 0) is 56.1 Å². The Morgan fingerprint density at radius 1 is 1.28 bits per heavy atom. The first kappa shape index (κ1) is 13.4. The second-order valence-electron chi connectivity index (χ2n) is 5.89. The van der Waals surface area contributed by atoms with Crippen LogP contribution >= 0.6 is 0 Å². The van der Waals surface area contributed by atoms with E-state index in [0.29, 0.717) is 11.8 Å². The van der Waals surface area contributed by atoms with Crippen LogP contribution in [0.1, 0.15) is 37.8 Å². The number of rotatable bonds is 3. The maximum absolute atomic E-state index is 10.5. The van der Waals surface area contributed by atoms with Crippen molar-refractivity contribution in [2.75, 3.05) is 0 Å². The molecule has 0 spiro atoms. The fourth-order valence-corrected chi connectivity index (χ4v) is 3.12. The molecule has 0 amide bonds. The lowest BCUT2D eigenvalue weighted by atomic mass is 9.79. The van der Waals surface area contributed by atoms with E-state index in [1.807, 2.05) is 0 Å². The van der Waals surface area contributed by atoms with Crippen molar-refractivity contribution >= 4 is 0 Å². The minimum atomic E-state index is -0.211. The fourth-order valence-electron chi connectivity index (χ4n) is 3.12. The molecule has 1 aliphatic rings. The highest BCUT2D eigenvalue weighted by Crippen LogP contribution is 2.31. The van der Waals surface area contributed by atoms with Crippen LogP contribution in [0.25, 0.3) is 0 Å². The standard InChI is InChI=1S/C17H24O/c1-12-8-13(2)10-16(9-12)17(18)11-15-7-5-4-6-14(15)3/h4-8,12,16-18H,9-11H2,1-3H3. The van der Waals surface area contributed by atoms with Gasteiger partial charge in [-0.15, -0.1) is 0 Å². The highest BCUT2D eigenvalue weighted by atomic mass is 16.3. The van der Waals surface area contributed by atoms with Crippen LogP contribution < -0.4 is 0 Å². The van der Waals surface area contributed by atoms with Crippen LogP contribution in [0.2, 0.25) is 0 Å². The molecular weight excluding hydrogens is 220 g/mol.